The van der Waals surface area contributed by atoms with E-state index < -0.39 is 23.8 Å². The van der Waals surface area contributed by atoms with Crippen molar-refractivity contribution >= 4 is 5.91 Å². The summed E-state index contributed by atoms with van der Waals surface area (Å²) in [5.74, 6) is -0.516. The normalized spacial score (nSPS) is 18.8. The highest BCUT2D eigenvalue weighted by atomic mass is 19.4. The standard InChI is InChI=1S/C23H35F3N2O5/c1-22(2,3)33-16-19(29)13-27-8-11-32-20(14-27)15-28(9-10-31-4)21(30)17-6-5-7-18(12-17)23(24,25)26/h5-7,12,19-20,29H,8-11,13-16H2,1-4H3/t19-,20+/m0/s1. The van der Waals surface area contributed by atoms with Gasteiger partial charge in [0.2, 0.25) is 0 Å². The predicted molar refractivity (Wildman–Crippen MR) is 117 cm³/mol. The smallest absolute Gasteiger partial charge is 0.389 e. The van der Waals surface area contributed by atoms with Gasteiger partial charge < -0.3 is 24.2 Å². The number of hydrogen-bond acceptors (Lipinski definition) is 6. The highest BCUT2D eigenvalue weighted by molar-refractivity contribution is 5.94. The largest absolute Gasteiger partial charge is 0.416 e. The number of carbonyl (C=O) groups excluding carboxylic acids is 1. The maximum atomic E-state index is 13.1. The third-order valence-corrected chi connectivity index (χ3v) is 5.11. The van der Waals surface area contributed by atoms with Crippen LogP contribution < -0.4 is 0 Å². The molecule has 0 bridgehead atoms. The van der Waals surface area contributed by atoms with E-state index in [4.69, 9.17) is 14.2 Å². The van der Waals surface area contributed by atoms with Gasteiger partial charge in [-0.3, -0.25) is 9.69 Å². The summed E-state index contributed by atoms with van der Waals surface area (Å²) in [6.07, 6.45) is -5.54. The highest BCUT2D eigenvalue weighted by Gasteiger charge is 2.32. The molecular formula is C23H35F3N2O5. The van der Waals surface area contributed by atoms with Gasteiger partial charge in [-0.2, -0.15) is 13.2 Å². The van der Waals surface area contributed by atoms with E-state index in [1.165, 1.54) is 24.1 Å². The van der Waals surface area contributed by atoms with Crippen LogP contribution in [0, 0.1) is 0 Å². The summed E-state index contributed by atoms with van der Waals surface area (Å²) in [6.45, 7) is 8.54. The van der Waals surface area contributed by atoms with Crippen molar-refractivity contribution in [2.45, 2.75) is 44.8 Å². The number of amides is 1. The summed E-state index contributed by atoms with van der Waals surface area (Å²) in [4.78, 5) is 16.5. The lowest BCUT2D eigenvalue weighted by Gasteiger charge is -2.36. The molecule has 33 heavy (non-hydrogen) atoms. The molecule has 0 aromatic heterocycles. The quantitative estimate of drug-likeness (QED) is 0.560. The molecule has 7 nitrogen and oxygen atoms in total. The van der Waals surface area contributed by atoms with Crippen LogP contribution in [0.2, 0.25) is 0 Å². The van der Waals surface area contributed by atoms with E-state index in [2.05, 4.69) is 0 Å². The SMILES string of the molecule is COCCN(C[C@H]1CN(C[C@H](O)COC(C)(C)C)CCO1)C(=O)c1cccc(C(F)(F)F)c1. The van der Waals surface area contributed by atoms with Gasteiger partial charge in [0.15, 0.2) is 0 Å². The summed E-state index contributed by atoms with van der Waals surface area (Å²) < 4.78 is 55.7. The fourth-order valence-electron chi connectivity index (χ4n) is 3.49. The highest BCUT2D eigenvalue weighted by Crippen LogP contribution is 2.29. The fourth-order valence-corrected chi connectivity index (χ4v) is 3.49. The second-order valence-corrected chi connectivity index (χ2v) is 9.15. The lowest BCUT2D eigenvalue weighted by Crippen LogP contribution is -2.51. The summed E-state index contributed by atoms with van der Waals surface area (Å²) >= 11 is 0. The molecule has 2 atom stereocenters. The number of rotatable bonds is 10. The molecule has 1 aliphatic rings. The molecule has 1 aliphatic heterocycles. The number of alkyl halides is 3. The topological polar surface area (TPSA) is 71.5 Å². The molecule has 0 spiro atoms. The minimum atomic E-state index is -4.53. The monoisotopic (exact) mass is 476 g/mol. The van der Waals surface area contributed by atoms with Crippen molar-refractivity contribution in [1.82, 2.24) is 9.80 Å². The van der Waals surface area contributed by atoms with Crippen molar-refractivity contribution in [2.75, 3.05) is 59.7 Å². The van der Waals surface area contributed by atoms with E-state index in [-0.39, 0.29) is 43.6 Å². The summed E-state index contributed by atoms with van der Waals surface area (Å²) in [5.41, 5.74) is -1.25. The van der Waals surface area contributed by atoms with Crippen molar-refractivity contribution in [1.29, 1.82) is 0 Å². The average Bonchev–Trinajstić information content (AvgIpc) is 2.74. The molecule has 0 radical (unpaired) electrons. The van der Waals surface area contributed by atoms with Crippen LogP contribution in [0.1, 0.15) is 36.7 Å². The van der Waals surface area contributed by atoms with E-state index >= 15 is 0 Å². The van der Waals surface area contributed by atoms with Gasteiger partial charge >= 0.3 is 6.18 Å². The van der Waals surface area contributed by atoms with Gasteiger partial charge in [0, 0.05) is 45.4 Å². The van der Waals surface area contributed by atoms with Crippen LogP contribution in [0.5, 0.6) is 0 Å². The first kappa shape index (κ1) is 27.5. The molecule has 1 N–H and O–H groups in total. The first-order valence-corrected chi connectivity index (χ1v) is 11.0. The molecule has 1 aromatic rings. The van der Waals surface area contributed by atoms with Crippen LogP contribution in [-0.4, -0.2) is 98.3 Å². The first-order chi connectivity index (χ1) is 15.4. The Labute approximate surface area is 193 Å². The zero-order chi connectivity index (χ0) is 24.6. The Morgan fingerprint density at radius 3 is 2.70 bits per heavy atom. The first-order valence-electron chi connectivity index (χ1n) is 11.0. The minimum absolute atomic E-state index is 0.0386. The van der Waals surface area contributed by atoms with E-state index in [0.717, 1.165) is 12.1 Å². The number of hydrogen-bond donors (Lipinski definition) is 1. The average molecular weight is 477 g/mol. The van der Waals surface area contributed by atoms with Crippen LogP contribution in [0.25, 0.3) is 0 Å². The molecule has 188 valence electrons. The number of ether oxygens (including phenoxy) is 3. The molecule has 2 rings (SSSR count). The van der Waals surface area contributed by atoms with E-state index in [0.29, 0.717) is 26.2 Å². The maximum absolute atomic E-state index is 13.1. The molecular weight excluding hydrogens is 441 g/mol. The molecule has 1 saturated heterocycles. The lowest BCUT2D eigenvalue weighted by atomic mass is 10.1. The molecule has 10 heteroatoms. The Kier molecular flexibility index (Phi) is 10.1. The number of aliphatic hydroxyl groups excluding tert-OH is 1. The van der Waals surface area contributed by atoms with Gasteiger partial charge in [0.25, 0.3) is 5.91 Å². The van der Waals surface area contributed by atoms with Crippen molar-refractivity contribution in [3.63, 3.8) is 0 Å². The summed E-state index contributed by atoms with van der Waals surface area (Å²) in [7, 11) is 1.49. The van der Waals surface area contributed by atoms with E-state index in [1.807, 2.05) is 25.7 Å². The number of nitrogens with zero attached hydrogens (tertiary/aromatic N) is 2. The molecule has 0 unspecified atom stereocenters. The number of morpholine rings is 1. The number of methoxy groups -OCH3 is 1. The third kappa shape index (κ3) is 9.58. The zero-order valence-corrected chi connectivity index (χ0v) is 19.7. The van der Waals surface area contributed by atoms with Crippen molar-refractivity contribution in [3.05, 3.63) is 35.4 Å². The van der Waals surface area contributed by atoms with Crippen LogP contribution in [0.4, 0.5) is 13.2 Å². The molecule has 1 aromatic carbocycles. The number of aliphatic hydroxyl groups is 1. The molecule has 1 heterocycles. The number of benzene rings is 1. The Hall–Kier alpha value is -1.72. The fraction of sp³-hybridized carbons (Fsp3) is 0.696. The van der Waals surface area contributed by atoms with Crippen molar-refractivity contribution in [3.8, 4) is 0 Å². The van der Waals surface area contributed by atoms with Gasteiger partial charge in [-0.05, 0) is 39.0 Å². The lowest BCUT2D eigenvalue weighted by molar-refractivity contribution is -0.137. The molecule has 0 aliphatic carbocycles. The minimum Gasteiger partial charge on any atom is -0.389 e. The van der Waals surface area contributed by atoms with E-state index in [9.17, 15) is 23.1 Å². The Balaban J connectivity index is 2.02. The second kappa shape index (κ2) is 12.1. The van der Waals surface area contributed by atoms with Crippen LogP contribution in [-0.2, 0) is 20.4 Å². The van der Waals surface area contributed by atoms with E-state index in [1.54, 1.807) is 0 Å². The van der Waals surface area contributed by atoms with Crippen LogP contribution in [0.15, 0.2) is 24.3 Å². The van der Waals surface area contributed by atoms with Gasteiger partial charge in [-0.1, -0.05) is 6.07 Å². The van der Waals surface area contributed by atoms with Crippen molar-refractivity contribution < 1.29 is 37.3 Å². The summed E-state index contributed by atoms with van der Waals surface area (Å²) in [5, 5.41) is 10.3. The molecule has 0 saturated carbocycles. The number of carbonyl (C=O) groups is 1. The van der Waals surface area contributed by atoms with Crippen LogP contribution in [0.3, 0.4) is 0 Å². The molecule has 1 amide bonds. The molecule has 1 fully saturated rings. The Morgan fingerprint density at radius 1 is 1.33 bits per heavy atom. The van der Waals surface area contributed by atoms with Crippen LogP contribution >= 0.6 is 0 Å². The third-order valence-electron chi connectivity index (χ3n) is 5.11. The Morgan fingerprint density at radius 2 is 2.06 bits per heavy atom. The van der Waals surface area contributed by atoms with Crippen molar-refractivity contribution in [2.24, 2.45) is 0 Å². The maximum Gasteiger partial charge on any atom is 0.416 e. The zero-order valence-electron chi connectivity index (χ0n) is 19.7. The van der Waals surface area contributed by atoms with Gasteiger partial charge in [0.1, 0.15) is 0 Å². The van der Waals surface area contributed by atoms with Gasteiger partial charge in [-0.25, -0.2) is 0 Å². The van der Waals surface area contributed by atoms with Gasteiger partial charge in [-0.15, -0.1) is 0 Å². The van der Waals surface area contributed by atoms with Gasteiger partial charge in [0.05, 0.1) is 43.2 Å². The number of β-amino-alcohol motifs (C(OH)–C–C–N with tert-alkyl or cyclic N) is 1. The summed E-state index contributed by atoms with van der Waals surface area (Å²) in [6, 6.07) is 4.40. The predicted octanol–water partition coefficient (Wildman–Crippen LogP) is 2.67. The number of halogens is 3. The second-order valence-electron chi connectivity index (χ2n) is 9.15. The Bertz CT molecular complexity index is 754.